The van der Waals surface area contributed by atoms with Crippen LogP contribution in [0.15, 0.2) is 65.3 Å². The normalized spacial score (nSPS) is 18.2. The van der Waals surface area contributed by atoms with Crippen LogP contribution in [-0.4, -0.2) is 25.0 Å². The molecule has 34 heavy (non-hydrogen) atoms. The summed E-state index contributed by atoms with van der Waals surface area (Å²) >= 11 is 0. The maximum atomic E-state index is 12.3. The first-order valence-electron chi connectivity index (χ1n) is 11.6. The van der Waals surface area contributed by atoms with Gasteiger partial charge in [-0.15, -0.1) is 0 Å². The number of hydrogen-bond acceptors (Lipinski definition) is 5. The quantitative estimate of drug-likeness (QED) is 0.469. The average molecular weight is 460 g/mol. The summed E-state index contributed by atoms with van der Waals surface area (Å²) in [6.45, 7) is 0. The number of urea groups is 1. The van der Waals surface area contributed by atoms with Crippen molar-refractivity contribution in [3.63, 3.8) is 0 Å². The largest absolute Gasteiger partial charge is 0.497 e. The van der Waals surface area contributed by atoms with E-state index in [-0.39, 0.29) is 12.2 Å². The van der Waals surface area contributed by atoms with Crippen LogP contribution in [0.1, 0.15) is 49.4 Å². The number of amidine groups is 1. The minimum absolute atomic E-state index is 0.132. The van der Waals surface area contributed by atoms with Gasteiger partial charge >= 0.3 is 6.03 Å². The van der Waals surface area contributed by atoms with E-state index in [1.54, 1.807) is 24.3 Å². The van der Waals surface area contributed by atoms with Crippen molar-refractivity contribution in [3.8, 4) is 5.75 Å². The molecule has 0 bridgehead atoms. The number of ether oxygens (including phenoxy) is 1. The highest BCUT2D eigenvalue weighted by atomic mass is 16.5. The lowest BCUT2D eigenvalue weighted by Gasteiger charge is -2.38. The van der Waals surface area contributed by atoms with Gasteiger partial charge in [-0.25, -0.2) is 4.79 Å². The molecule has 1 atom stereocenters. The summed E-state index contributed by atoms with van der Waals surface area (Å²) in [4.78, 5) is 15.9. The van der Waals surface area contributed by atoms with Crippen molar-refractivity contribution in [1.82, 2.24) is 0 Å². The molecule has 2 aliphatic rings. The van der Waals surface area contributed by atoms with E-state index in [0.717, 1.165) is 48.4 Å². The second-order valence-corrected chi connectivity index (χ2v) is 8.72. The molecule has 0 saturated heterocycles. The topological polar surface area (TPSA) is 108 Å². The van der Waals surface area contributed by atoms with E-state index in [2.05, 4.69) is 5.32 Å². The van der Waals surface area contributed by atoms with Crippen LogP contribution < -0.4 is 25.6 Å². The summed E-state index contributed by atoms with van der Waals surface area (Å²) in [5, 5.41) is 12.3. The summed E-state index contributed by atoms with van der Waals surface area (Å²) in [7, 11) is 1.63. The first-order chi connectivity index (χ1) is 16.6. The van der Waals surface area contributed by atoms with Gasteiger partial charge in [0, 0.05) is 17.4 Å². The number of benzene rings is 2. The number of hydrogen-bond donors (Lipinski definition) is 3. The molecule has 1 fully saturated rings. The maximum absolute atomic E-state index is 12.3. The molecule has 2 aromatic carbocycles. The van der Waals surface area contributed by atoms with Gasteiger partial charge in [0.1, 0.15) is 17.8 Å². The van der Waals surface area contributed by atoms with Crippen molar-refractivity contribution in [2.24, 2.45) is 5.73 Å². The van der Waals surface area contributed by atoms with E-state index < -0.39 is 6.03 Å². The molecule has 3 aromatic rings. The molecule has 5 rings (SSSR count). The summed E-state index contributed by atoms with van der Waals surface area (Å²) < 4.78 is 10.9. The van der Waals surface area contributed by atoms with Crippen molar-refractivity contribution in [2.45, 2.75) is 44.3 Å². The number of furan rings is 1. The van der Waals surface area contributed by atoms with Crippen molar-refractivity contribution in [2.75, 3.05) is 22.2 Å². The molecule has 176 valence electrons. The third-order valence-corrected chi connectivity index (χ3v) is 6.70. The predicted octanol–water partition coefficient (Wildman–Crippen LogP) is 5.46. The Balaban J connectivity index is 1.49. The van der Waals surface area contributed by atoms with Crippen LogP contribution in [0.3, 0.4) is 0 Å². The number of fused-ring (bicyclic) bond motifs is 1. The number of nitrogens with two attached hydrogens (primary N) is 1. The molecule has 2 heterocycles. The van der Waals surface area contributed by atoms with Gasteiger partial charge in [-0.05, 0) is 60.9 Å². The fourth-order valence-corrected chi connectivity index (χ4v) is 4.98. The SMILES string of the molecule is COc1ccc(C2Nc3occc3C(=N)N2c2ccc(N(C(N)=O)C3CCCCC3)cc2)cc1. The molecule has 0 radical (unpaired) electrons. The number of methoxy groups -OCH3 is 1. The standard InChI is InChI=1S/C26H29N5O3/c1-33-21-13-7-17(8-14-21)24-29-25-22(15-16-34-25)23(27)31(24)20-11-9-19(10-12-20)30(26(28)32)18-5-3-2-4-6-18/h7-16,18,24,27,29H,2-6H2,1H3,(H2,28,32). The van der Waals surface area contributed by atoms with Crippen molar-refractivity contribution >= 4 is 29.1 Å². The van der Waals surface area contributed by atoms with Gasteiger partial charge < -0.3 is 25.1 Å². The zero-order valence-corrected chi connectivity index (χ0v) is 19.2. The fraction of sp³-hybridized carbons (Fsp3) is 0.308. The van der Waals surface area contributed by atoms with Crippen molar-refractivity contribution in [3.05, 3.63) is 72.0 Å². The first kappa shape index (κ1) is 21.9. The summed E-state index contributed by atoms with van der Waals surface area (Å²) in [6, 6.07) is 16.9. The second kappa shape index (κ2) is 9.13. The minimum Gasteiger partial charge on any atom is -0.497 e. The number of anilines is 3. The molecule has 1 saturated carbocycles. The van der Waals surface area contributed by atoms with Gasteiger partial charge in [-0.3, -0.25) is 10.3 Å². The first-order valence-corrected chi connectivity index (χ1v) is 11.6. The molecule has 8 nitrogen and oxygen atoms in total. The smallest absolute Gasteiger partial charge is 0.319 e. The molecular weight excluding hydrogens is 430 g/mol. The van der Waals surface area contributed by atoms with E-state index in [0.29, 0.717) is 17.3 Å². The number of carbonyl (C=O) groups excluding carboxylic acids is 1. The number of nitrogens with zero attached hydrogens (tertiary/aromatic N) is 2. The molecule has 1 aliphatic heterocycles. The highest BCUT2D eigenvalue weighted by Gasteiger charge is 2.34. The summed E-state index contributed by atoms with van der Waals surface area (Å²) in [5.74, 6) is 1.66. The Hall–Kier alpha value is -3.94. The Morgan fingerprint density at radius 3 is 2.44 bits per heavy atom. The lowest BCUT2D eigenvalue weighted by atomic mass is 9.94. The zero-order chi connectivity index (χ0) is 23.7. The van der Waals surface area contributed by atoms with Crippen LogP contribution in [0.25, 0.3) is 0 Å². The summed E-state index contributed by atoms with van der Waals surface area (Å²) in [6.07, 6.45) is 6.59. The van der Waals surface area contributed by atoms with E-state index in [4.69, 9.17) is 20.3 Å². The van der Waals surface area contributed by atoms with E-state index in [1.165, 1.54) is 6.42 Å². The van der Waals surface area contributed by atoms with Crippen LogP contribution in [-0.2, 0) is 0 Å². The number of rotatable bonds is 5. The molecule has 0 spiro atoms. The third-order valence-electron chi connectivity index (χ3n) is 6.70. The van der Waals surface area contributed by atoms with Crippen molar-refractivity contribution < 1.29 is 13.9 Å². The highest BCUT2D eigenvalue weighted by molar-refractivity contribution is 6.13. The van der Waals surface area contributed by atoms with Gasteiger partial charge in [-0.2, -0.15) is 0 Å². The highest BCUT2D eigenvalue weighted by Crippen LogP contribution is 2.38. The lowest BCUT2D eigenvalue weighted by Crippen LogP contribution is -2.45. The Bertz CT molecular complexity index is 1170. The van der Waals surface area contributed by atoms with Gasteiger partial charge in [0.2, 0.25) is 5.88 Å². The molecule has 1 unspecified atom stereocenters. The van der Waals surface area contributed by atoms with Crippen LogP contribution in [0.5, 0.6) is 5.75 Å². The molecule has 1 aliphatic carbocycles. The number of nitrogens with one attached hydrogen (secondary N) is 2. The number of amides is 2. The zero-order valence-electron chi connectivity index (χ0n) is 19.2. The van der Waals surface area contributed by atoms with E-state index in [9.17, 15) is 4.79 Å². The van der Waals surface area contributed by atoms with Crippen LogP contribution in [0.2, 0.25) is 0 Å². The van der Waals surface area contributed by atoms with Crippen molar-refractivity contribution in [1.29, 1.82) is 5.41 Å². The van der Waals surface area contributed by atoms with Gasteiger partial charge in [0.05, 0.1) is 18.9 Å². The molecule has 1 aromatic heterocycles. The average Bonchev–Trinajstić information content (AvgIpc) is 3.34. The van der Waals surface area contributed by atoms with Crippen LogP contribution in [0, 0.1) is 5.41 Å². The van der Waals surface area contributed by atoms with Crippen LogP contribution in [0.4, 0.5) is 22.1 Å². The summed E-state index contributed by atoms with van der Waals surface area (Å²) in [5.41, 5.74) is 9.03. The lowest BCUT2D eigenvalue weighted by molar-refractivity contribution is 0.249. The molecular formula is C26H29N5O3. The fourth-order valence-electron chi connectivity index (χ4n) is 4.98. The maximum Gasteiger partial charge on any atom is 0.319 e. The van der Waals surface area contributed by atoms with E-state index in [1.807, 2.05) is 53.4 Å². The number of primary amides is 1. The predicted molar refractivity (Wildman–Crippen MR) is 133 cm³/mol. The molecule has 2 amide bonds. The number of carbonyl (C=O) groups is 1. The Morgan fingerprint density at radius 2 is 1.79 bits per heavy atom. The van der Waals surface area contributed by atoms with Gasteiger partial charge in [0.15, 0.2) is 0 Å². The Labute approximate surface area is 198 Å². The van der Waals surface area contributed by atoms with E-state index >= 15 is 0 Å². The van der Waals surface area contributed by atoms with Crippen LogP contribution >= 0.6 is 0 Å². The Kier molecular flexibility index (Phi) is 5.88. The monoisotopic (exact) mass is 459 g/mol. The third kappa shape index (κ3) is 3.96. The second-order valence-electron chi connectivity index (χ2n) is 8.72. The molecule has 4 N–H and O–H groups in total. The van der Waals surface area contributed by atoms with Gasteiger partial charge in [0.25, 0.3) is 0 Å². The minimum atomic E-state index is -0.425. The Morgan fingerprint density at radius 1 is 1.09 bits per heavy atom. The van der Waals surface area contributed by atoms with Gasteiger partial charge in [-0.1, -0.05) is 31.4 Å². The molecule has 8 heteroatoms.